The Labute approximate surface area is 113 Å². The number of hydrogen-bond acceptors (Lipinski definition) is 4. The van der Waals surface area contributed by atoms with Crippen molar-refractivity contribution in [2.75, 3.05) is 13.7 Å². The van der Waals surface area contributed by atoms with Crippen molar-refractivity contribution >= 4 is 41.5 Å². The van der Waals surface area contributed by atoms with Gasteiger partial charge in [0, 0.05) is 41.2 Å². The molecule has 0 amide bonds. The molecule has 0 fully saturated rings. The number of carbonyl (C=O) groups is 2. The van der Waals surface area contributed by atoms with Gasteiger partial charge in [0.2, 0.25) is 0 Å². The summed E-state index contributed by atoms with van der Waals surface area (Å²) in [6.07, 6.45) is 1.14. The first kappa shape index (κ1) is 19.9. The maximum atomic E-state index is 10.2. The second-order valence-electron chi connectivity index (χ2n) is 2.23. The first-order valence-electron chi connectivity index (χ1n) is 4.02. The van der Waals surface area contributed by atoms with Crippen molar-refractivity contribution in [1.29, 1.82) is 0 Å². The minimum Gasteiger partial charge on any atom is -0.466 e. The Morgan fingerprint density at radius 1 is 1.40 bits per heavy atom. The SMILES string of the molecule is C=C(C)C(=O)OC.C=CC(=O)OCC.[Na]. The summed E-state index contributed by atoms with van der Waals surface area (Å²) in [6.45, 7) is 10.3. The fraction of sp³-hybridized carbons (Fsp3) is 0.400. The van der Waals surface area contributed by atoms with E-state index in [1.54, 1.807) is 13.8 Å². The van der Waals surface area contributed by atoms with Crippen molar-refractivity contribution in [3.63, 3.8) is 0 Å². The van der Waals surface area contributed by atoms with Crippen LogP contribution in [0.1, 0.15) is 13.8 Å². The van der Waals surface area contributed by atoms with Crippen LogP contribution in [0.15, 0.2) is 24.8 Å². The molecular weight excluding hydrogens is 207 g/mol. The van der Waals surface area contributed by atoms with Gasteiger partial charge in [0.25, 0.3) is 0 Å². The molecule has 0 aliphatic carbocycles. The summed E-state index contributed by atoms with van der Waals surface area (Å²) in [5.74, 6) is -0.706. The quantitative estimate of drug-likeness (QED) is 0.408. The van der Waals surface area contributed by atoms with Gasteiger partial charge in [-0.2, -0.15) is 0 Å². The van der Waals surface area contributed by atoms with Crippen LogP contribution in [-0.2, 0) is 19.1 Å². The number of methoxy groups -OCH3 is 1. The zero-order chi connectivity index (χ0) is 11.6. The van der Waals surface area contributed by atoms with Crippen molar-refractivity contribution in [3.05, 3.63) is 24.8 Å². The number of ether oxygens (including phenoxy) is 2. The van der Waals surface area contributed by atoms with E-state index in [9.17, 15) is 9.59 Å². The Morgan fingerprint density at radius 3 is 1.93 bits per heavy atom. The molecule has 0 bridgehead atoms. The molecule has 0 aromatic carbocycles. The van der Waals surface area contributed by atoms with Gasteiger partial charge in [-0.15, -0.1) is 0 Å². The molecule has 4 nitrogen and oxygen atoms in total. The van der Waals surface area contributed by atoms with Crippen LogP contribution in [0.25, 0.3) is 0 Å². The van der Waals surface area contributed by atoms with Crippen molar-refractivity contribution < 1.29 is 19.1 Å². The van der Waals surface area contributed by atoms with Crippen LogP contribution in [0.5, 0.6) is 0 Å². The standard InChI is InChI=1S/2C5H8O2.Na/c1-4(2)5(6)7-3;1-3-5(6)7-4-2;/h1H2,2-3H3;3H,1,4H2,2H3;. The van der Waals surface area contributed by atoms with Crippen LogP contribution in [0, 0.1) is 0 Å². The van der Waals surface area contributed by atoms with E-state index in [0.717, 1.165) is 6.08 Å². The minimum absolute atomic E-state index is 0. The van der Waals surface area contributed by atoms with Gasteiger partial charge in [0.15, 0.2) is 0 Å². The van der Waals surface area contributed by atoms with Gasteiger partial charge in [0.1, 0.15) is 0 Å². The normalized spacial score (nSPS) is 7.13. The van der Waals surface area contributed by atoms with Crippen molar-refractivity contribution in [2.24, 2.45) is 0 Å². The average Bonchev–Trinajstić information content (AvgIpc) is 2.17. The zero-order valence-electron chi connectivity index (χ0n) is 9.83. The summed E-state index contributed by atoms with van der Waals surface area (Å²) in [6, 6.07) is 0. The van der Waals surface area contributed by atoms with Crippen LogP contribution in [0.3, 0.4) is 0 Å². The Bertz CT molecular complexity index is 221. The molecule has 0 heterocycles. The van der Waals surface area contributed by atoms with Crippen LogP contribution in [0.4, 0.5) is 0 Å². The smallest absolute Gasteiger partial charge is 0.332 e. The van der Waals surface area contributed by atoms with Crippen LogP contribution in [0.2, 0.25) is 0 Å². The molecule has 0 aromatic rings. The molecule has 0 atom stereocenters. The third-order valence-electron chi connectivity index (χ3n) is 0.987. The predicted molar refractivity (Wildman–Crippen MR) is 59.4 cm³/mol. The molecular formula is C10H16NaO4. The third-order valence-corrected chi connectivity index (χ3v) is 0.987. The second-order valence-corrected chi connectivity index (χ2v) is 2.23. The molecule has 0 spiro atoms. The first-order chi connectivity index (χ1) is 6.49. The van der Waals surface area contributed by atoms with Crippen molar-refractivity contribution in [2.45, 2.75) is 13.8 Å². The van der Waals surface area contributed by atoms with E-state index in [0.29, 0.717) is 12.2 Å². The van der Waals surface area contributed by atoms with Crippen LogP contribution < -0.4 is 0 Å². The largest absolute Gasteiger partial charge is 0.466 e. The molecule has 0 aromatic heterocycles. The monoisotopic (exact) mass is 223 g/mol. The first-order valence-corrected chi connectivity index (χ1v) is 4.02. The predicted octanol–water partition coefficient (Wildman–Crippen LogP) is 1.09. The average molecular weight is 223 g/mol. The van der Waals surface area contributed by atoms with E-state index in [-0.39, 0.29) is 41.5 Å². The Morgan fingerprint density at radius 2 is 1.87 bits per heavy atom. The van der Waals surface area contributed by atoms with Crippen molar-refractivity contribution in [1.82, 2.24) is 0 Å². The molecule has 0 N–H and O–H groups in total. The number of esters is 2. The molecule has 0 saturated heterocycles. The van der Waals surface area contributed by atoms with Gasteiger partial charge in [0.05, 0.1) is 13.7 Å². The molecule has 81 valence electrons. The van der Waals surface area contributed by atoms with Gasteiger partial charge in [-0.25, -0.2) is 9.59 Å². The van der Waals surface area contributed by atoms with E-state index >= 15 is 0 Å². The molecule has 0 aliphatic rings. The Hall–Kier alpha value is -0.580. The molecule has 1 radical (unpaired) electrons. The fourth-order valence-electron chi connectivity index (χ4n) is 0.375. The molecule has 0 rings (SSSR count). The van der Waals surface area contributed by atoms with Crippen LogP contribution >= 0.6 is 0 Å². The van der Waals surface area contributed by atoms with Gasteiger partial charge in [-0.1, -0.05) is 13.2 Å². The minimum atomic E-state index is -0.359. The summed E-state index contributed by atoms with van der Waals surface area (Å²) in [5, 5.41) is 0. The maximum Gasteiger partial charge on any atom is 0.332 e. The summed E-state index contributed by atoms with van der Waals surface area (Å²) in [4.78, 5) is 20.3. The van der Waals surface area contributed by atoms with E-state index in [4.69, 9.17) is 0 Å². The molecule has 5 heteroatoms. The Balaban J connectivity index is -0.000000180. The van der Waals surface area contributed by atoms with E-state index in [1.165, 1.54) is 7.11 Å². The Kier molecular flexibility index (Phi) is 17.8. The fourth-order valence-corrected chi connectivity index (χ4v) is 0.375. The number of carbonyl (C=O) groups excluding carboxylic acids is 2. The third kappa shape index (κ3) is 16.1. The van der Waals surface area contributed by atoms with E-state index in [2.05, 4.69) is 22.6 Å². The number of rotatable bonds is 3. The summed E-state index contributed by atoms with van der Waals surface area (Å²) in [7, 11) is 1.33. The number of hydrogen-bond donors (Lipinski definition) is 0. The summed E-state index contributed by atoms with van der Waals surface area (Å²) >= 11 is 0. The second kappa shape index (κ2) is 13.4. The molecule has 15 heavy (non-hydrogen) atoms. The maximum absolute atomic E-state index is 10.2. The molecule has 0 aliphatic heterocycles. The molecule has 0 unspecified atom stereocenters. The zero-order valence-corrected chi connectivity index (χ0v) is 11.8. The van der Waals surface area contributed by atoms with Crippen LogP contribution in [-0.4, -0.2) is 55.2 Å². The summed E-state index contributed by atoms with van der Waals surface area (Å²) < 4.78 is 8.71. The van der Waals surface area contributed by atoms with Gasteiger partial charge in [-0.05, 0) is 13.8 Å². The summed E-state index contributed by atoms with van der Waals surface area (Å²) in [5.41, 5.74) is 0.433. The van der Waals surface area contributed by atoms with Gasteiger partial charge in [-0.3, -0.25) is 0 Å². The van der Waals surface area contributed by atoms with Crippen molar-refractivity contribution in [3.8, 4) is 0 Å². The van der Waals surface area contributed by atoms with E-state index in [1.807, 2.05) is 0 Å². The van der Waals surface area contributed by atoms with Gasteiger partial charge < -0.3 is 9.47 Å². The van der Waals surface area contributed by atoms with E-state index < -0.39 is 0 Å². The topological polar surface area (TPSA) is 52.6 Å². The molecule has 0 saturated carbocycles. The van der Waals surface area contributed by atoms with Gasteiger partial charge >= 0.3 is 11.9 Å².